The third kappa shape index (κ3) is 6.56. The highest BCUT2D eigenvalue weighted by atomic mass is 32.1. The van der Waals surface area contributed by atoms with Gasteiger partial charge in [-0.2, -0.15) is 0 Å². The number of methoxy groups -OCH3 is 1. The largest absolute Gasteiger partial charge is 0.481 e. The molecule has 11 nitrogen and oxygen atoms in total. The summed E-state index contributed by atoms with van der Waals surface area (Å²) in [7, 11) is 1.24. The van der Waals surface area contributed by atoms with E-state index in [1.165, 1.54) is 35.0 Å². The van der Waals surface area contributed by atoms with Gasteiger partial charge in [0.2, 0.25) is 17.4 Å². The Labute approximate surface area is 267 Å². The Balaban J connectivity index is 1.36. The van der Waals surface area contributed by atoms with Gasteiger partial charge < -0.3 is 23.7 Å². The summed E-state index contributed by atoms with van der Waals surface area (Å²) in [5.74, 6) is -1.03. The summed E-state index contributed by atoms with van der Waals surface area (Å²) in [6.45, 7) is 4.92. The molecule has 4 heterocycles. The Morgan fingerprint density at radius 3 is 2.59 bits per heavy atom. The van der Waals surface area contributed by atoms with Crippen LogP contribution in [0.5, 0.6) is 5.75 Å². The second-order valence-electron chi connectivity index (χ2n) is 11.1. The van der Waals surface area contributed by atoms with E-state index in [0.29, 0.717) is 23.7 Å². The number of imidazole rings is 1. The molecule has 3 aromatic heterocycles. The molecule has 0 spiro atoms. The van der Waals surface area contributed by atoms with Crippen molar-refractivity contribution in [2.75, 3.05) is 20.2 Å². The zero-order valence-electron chi connectivity index (χ0n) is 25.5. The molecule has 46 heavy (non-hydrogen) atoms. The van der Waals surface area contributed by atoms with Gasteiger partial charge >= 0.3 is 11.5 Å². The number of rotatable bonds is 9. The van der Waals surface area contributed by atoms with Crippen molar-refractivity contribution < 1.29 is 28.2 Å². The van der Waals surface area contributed by atoms with Crippen LogP contribution in [0.1, 0.15) is 40.2 Å². The Morgan fingerprint density at radius 2 is 1.85 bits per heavy atom. The topological polar surface area (TPSA) is 117 Å². The second-order valence-corrected chi connectivity index (χ2v) is 12.2. The summed E-state index contributed by atoms with van der Waals surface area (Å²) in [6, 6.07) is 13.4. The Morgan fingerprint density at radius 1 is 1.09 bits per heavy atom. The maximum absolute atomic E-state index is 13.9. The molecule has 1 fully saturated rings. The van der Waals surface area contributed by atoms with Gasteiger partial charge in [-0.1, -0.05) is 36.4 Å². The zero-order valence-corrected chi connectivity index (χ0v) is 26.3. The van der Waals surface area contributed by atoms with Crippen LogP contribution in [-0.2, 0) is 33.8 Å². The van der Waals surface area contributed by atoms with Crippen LogP contribution in [0.15, 0.2) is 71.9 Å². The van der Waals surface area contributed by atoms with Crippen LogP contribution in [0.2, 0.25) is 0 Å². The van der Waals surface area contributed by atoms with E-state index < -0.39 is 17.3 Å². The molecule has 2 atom stereocenters. The number of morpholine rings is 1. The molecule has 238 valence electrons. The summed E-state index contributed by atoms with van der Waals surface area (Å²) < 4.78 is 33.6. The summed E-state index contributed by atoms with van der Waals surface area (Å²) in [5, 5.41) is 0.411. The van der Waals surface area contributed by atoms with Gasteiger partial charge in [-0.15, -0.1) is 11.3 Å². The molecule has 0 radical (unpaired) electrons. The molecular formula is C33H32FN5O6S. The average Bonchev–Trinajstić information content (AvgIpc) is 3.68. The Bertz CT molecular complexity index is 1950. The van der Waals surface area contributed by atoms with Crippen molar-refractivity contribution in [1.82, 2.24) is 23.8 Å². The lowest BCUT2D eigenvalue weighted by molar-refractivity contribution is -0.143. The highest BCUT2D eigenvalue weighted by Gasteiger charge is 2.27. The molecule has 0 saturated carbocycles. The zero-order chi connectivity index (χ0) is 32.4. The van der Waals surface area contributed by atoms with Gasteiger partial charge in [-0.3, -0.25) is 9.59 Å². The minimum Gasteiger partial charge on any atom is -0.481 e. The van der Waals surface area contributed by atoms with Gasteiger partial charge in [-0.05, 0) is 37.1 Å². The fraction of sp³-hybridized carbons (Fsp3) is 0.303. The summed E-state index contributed by atoms with van der Waals surface area (Å²) in [4.78, 5) is 51.4. The molecular weight excluding hydrogens is 613 g/mol. The van der Waals surface area contributed by atoms with Crippen LogP contribution in [-0.4, -0.2) is 68.1 Å². The Hall–Kier alpha value is -4.88. The molecule has 1 saturated heterocycles. The monoisotopic (exact) mass is 645 g/mol. The van der Waals surface area contributed by atoms with E-state index in [2.05, 4.69) is 4.98 Å². The number of nitrogens with zero attached hydrogens (tertiary/aromatic N) is 5. The number of esters is 1. The lowest BCUT2D eigenvalue weighted by atomic mass is 10.0. The van der Waals surface area contributed by atoms with Crippen LogP contribution in [0.3, 0.4) is 0 Å². The minimum absolute atomic E-state index is 0.0131. The minimum atomic E-state index is -0.646. The second kappa shape index (κ2) is 13.2. The number of aromatic nitrogens is 4. The molecule has 1 amide bonds. The van der Waals surface area contributed by atoms with Crippen LogP contribution in [0, 0.1) is 5.82 Å². The van der Waals surface area contributed by atoms with Crippen molar-refractivity contribution in [3.05, 3.63) is 105 Å². The number of hydrogen-bond acceptors (Lipinski definition) is 9. The molecule has 6 rings (SSSR count). The number of carbonyl (C=O) groups is 2. The van der Waals surface area contributed by atoms with Crippen LogP contribution in [0.4, 0.5) is 4.39 Å². The number of fused-ring (bicyclic) bond motifs is 1. The molecule has 0 N–H and O–H groups in total. The van der Waals surface area contributed by atoms with E-state index >= 15 is 0 Å². The number of benzene rings is 2. The molecule has 2 aromatic carbocycles. The van der Waals surface area contributed by atoms with Crippen molar-refractivity contribution in [1.29, 1.82) is 0 Å². The molecule has 1 aliphatic rings. The molecule has 2 unspecified atom stereocenters. The summed E-state index contributed by atoms with van der Waals surface area (Å²) in [6.07, 6.45) is 4.95. The van der Waals surface area contributed by atoms with E-state index in [4.69, 9.17) is 19.2 Å². The van der Waals surface area contributed by atoms with E-state index in [1.807, 2.05) is 44.2 Å². The van der Waals surface area contributed by atoms with Gasteiger partial charge in [0.25, 0.3) is 0 Å². The van der Waals surface area contributed by atoms with Gasteiger partial charge in [0.15, 0.2) is 5.69 Å². The van der Waals surface area contributed by atoms with Gasteiger partial charge in [0.1, 0.15) is 24.0 Å². The fourth-order valence-corrected chi connectivity index (χ4v) is 6.42. The van der Waals surface area contributed by atoms with Gasteiger partial charge in [0, 0.05) is 43.0 Å². The molecule has 13 heteroatoms. The predicted octanol–water partition coefficient (Wildman–Crippen LogP) is 4.35. The van der Waals surface area contributed by atoms with Crippen LogP contribution >= 0.6 is 11.3 Å². The molecule has 1 aliphatic heterocycles. The normalized spacial score (nSPS) is 16.5. The fourth-order valence-electron chi connectivity index (χ4n) is 5.50. The first-order chi connectivity index (χ1) is 22.2. The highest BCUT2D eigenvalue weighted by molar-refractivity contribution is 7.15. The third-order valence-electron chi connectivity index (χ3n) is 7.61. The van der Waals surface area contributed by atoms with Crippen molar-refractivity contribution in [2.45, 2.75) is 45.6 Å². The first-order valence-electron chi connectivity index (χ1n) is 14.7. The number of hydrogen-bond donors (Lipinski definition) is 0. The third-order valence-corrected chi connectivity index (χ3v) is 8.61. The maximum Gasteiger partial charge on any atom is 0.338 e. The molecule has 0 aliphatic carbocycles. The van der Waals surface area contributed by atoms with Crippen molar-refractivity contribution in [3.63, 3.8) is 0 Å². The quantitative estimate of drug-likeness (QED) is 0.217. The standard InChI is InChI=1S/C33H32FN5O6S/c1-20-16-38(17-21(2)45-20)27(40)18-37-11-12-39-31(41)29(44-19-22-7-5-4-6-8-22)28(36-33(37)39)30-35-15-25(46-30)13-23-9-10-24(34)14-26(23)32(42)43-3/h4-12,14-15,20-21H,13,16-19H2,1-3H3. The van der Waals surface area contributed by atoms with E-state index in [0.717, 1.165) is 16.5 Å². The SMILES string of the molecule is COC(=O)c1cc(F)ccc1Cc1cnc(-c2nc3n(CC(=O)N4CC(C)OC(C)C4)ccn3c(=O)c2OCc2ccccc2)s1. The number of ether oxygens (including phenoxy) is 3. The molecule has 5 aromatic rings. The van der Waals surface area contributed by atoms with Crippen LogP contribution in [0.25, 0.3) is 16.5 Å². The summed E-state index contributed by atoms with van der Waals surface area (Å²) >= 11 is 1.27. The number of halogens is 1. The van der Waals surface area contributed by atoms with E-state index in [9.17, 15) is 18.8 Å². The molecule has 0 bridgehead atoms. The lowest BCUT2D eigenvalue weighted by Crippen LogP contribution is -2.49. The first-order valence-corrected chi connectivity index (χ1v) is 15.5. The van der Waals surface area contributed by atoms with Crippen molar-refractivity contribution >= 4 is 29.0 Å². The number of amides is 1. The van der Waals surface area contributed by atoms with Crippen molar-refractivity contribution in [2.24, 2.45) is 0 Å². The maximum atomic E-state index is 13.9. The number of carbonyl (C=O) groups excluding carboxylic acids is 2. The van der Waals surface area contributed by atoms with E-state index in [1.54, 1.807) is 28.1 Å². The van der Waals surface area contributed by atoms with Gasteiger partial charge in [-0.25, -0.2) is 23.6 Å². The first kappa shape index (κ1) is 31.1. The lowest BCUT2D eigenvalue weighted by Gasteiger charge is -2.35. The smallest absolute Gasteiger partial charge is 0.338 e. The summed E-state index contributed by atoms with van der Waals surface area (Å²) in [5.41, 5.74) is 1.33. The van der Waals surface area contributed by atoms with Gasteiger partial charge in [0.05, 0.1) is 24.9 Å². The average molecular weight is 646 g/mol. The number of thiazole rings is 1. The highest BCUT2D eigenvalue weighted by Crippen LogP contribution is 2.32. The Kier molecular flexibility index (Phi) is 8.95. The van der Waals surface area contributed by atoms with E-state index in [-0.39, 0.29) is 60.5 Å². The van der Waals surface area contributed by atoms with Crippen molar-refractivity contribution in [3.8, 4) is 16.5 Å². The predicted molar refractivity (Wildman–Crippen MR) is 168 cm³/mol. The van der Waals surface area contributed by atoms with Crippen LogP contribution < -0.4 is 10.3 Å².